The van der Waals surface area contributed by atoms with E-state index in [1.54, 1.807) is 45.4 Å². The second-order valence-corrected chi connectivity index (χ2v) is 19.3. The van der Waals surface area contributed by atoms with Crippen molar-refractivity contribution >= 4 is 41.1 Å². The van der Waals surface area contributed by atoms with Crippen molar-refractivity contribution in [1.29, 1.82) is 0 Å². The number of benzene rings is 2. The number of unbranched alkanes of at least 4 members (excludes halogenated alkanes) is 2. The number of anilines is 1. The molecule has 15 nitrogen and oxygen atoms in total. The number of Topliss-reactive ketones (excluding diaryl/α,β-unsaturated/α-hetero) is 1. The van der Waals surface area contributed by atoms with Gasteiger partial charge in [-0.25, -0.2) is 4.99 Å². The maximum Gasteiger partial charge on any atom is 0.247 e. The molecule has 0 radical (unpaired) electrons. The van der Waals surface area contributed by atoms with Crippen LogP contribution in [0.25, 0.3) is 0 Å². The molecule has 1 fully saturated rings. The maximum atomic E-state index is 14.5. The molecule has 0 unspecified atom stereocenters. The van der Waals surface area contributed by atoms with Crippen molar-refractivity contribution in [2.45, 2.75) is 136 Å². The summed E-state index contributed by atoms with van der Waals surface area (Å²) in [5.41, 5.74) is 2.43. The normalized spacial score (nSPS) is 16.7. The van der Waals surface area contributed by atoms with Crippen LogP contribution in [0.5, 0.6) is 0 Å². The largest absolute Gasteiger partial charge is 0.385 e. The molecular formula is C53H85N7O8. The monoisotopic (exact) mass is 948 g/mol. The number of likely N-dealkylation sites (N-methyl/N-ethyl adjacent to an activating group) is 1. The number of nitrogens with zero attached hydrogens (tertiary/aromatic N) is 5. The van der Waals surface area contributed by atoms with Gasteiger partial charge >= 0.3 is 0 Å². The first-order chi connectivity index (χ1) is 32.4. The molecular weight excluding hydrogens is 863 g/mol. The summed E-state index contributed by atoms with van der Waals surface area (Å²) in [6.45, 7) is 11.5. The first-order valence-electron chi connectivity index (χ1n) is 24.6. The minimum absolute atomic E-state index is 0.00480. The second-order valence-electron chi connectivity index (χ2n) is 19.3. The van der Waals surface area contributed by atoms with Crippen molar-refractivity contribution < 1.29 is 38.2 Å². The van der Waals surface area contributed by atoms with Gasteiger partial charge in [-0.2, -0.15) is 0 Å². The molecule has 2 aromatic carbocycles. The molecule has 1 aliphatic heterocycles. The van der Waals surface area contributed by atoms with Crippen molar-refractivity contribution in [3.05, 3.63) is 65.7 Å². The molecule has 380 valence electrons. The van der Waals surface area contributed by atoms with Gasteiger partial charge in [0.15, 0.2) is 5.96 Å². The number of carbonyl (C=O) groups is 5. The predicted molar refractivity (Wildman–Crippen MR) is 270 cm³/mol. The van der Waals surface area contributed by atoms with Gasteiger partial charge in [-0.15, -0.1) is 0 Å². The number of ketones is 1. The third-order valence-electron chi connectivity index (χ3n) is 13.4. The number of likely N-dealkylation sites (tertiary alicyclic amines) is 1. The first kappa shape index (κ1) is 57.5. The Bertz CT molecular complexity index is 1880. The molecule has 15 heteroatoms. The molecule has 2 N–H and O–H groups in total. The van der Waals surface area contributed by atoms with E-state index in [1.165, 1.54) is 0 Å². The van der Waals surface area contributed by atoms with E-state index >= 15 is 0 Å². The zero-order chi connectivity index (χ0) is 50.5. The van der Waals surface area contributed by atoms with Gasteiger partial charge in [0, 0.05) is 107 Å². The van der Waals surface area contributed by atoms with Crippen LogP contribution in [0.15, 0.2) is 59.6 Å². The van der Waals surface area contributed by atoms with Crippen LogP contribution in [0.1, 0.15) is 104 Å². The first-order valence-corrected chi connectivity index (χ1v) is 24.6. The lowest BCUT2D eigenvalue weighted by molar-refractivity contribution is -0.146. The van der Waals surface area contributed by atoms with Crippen LogP contribution >= 0.6 is 0 Å². The van der Waals surface area contributed by atoms with Gasteiger partial charge < -0.3 is 44.4 Å². The highest BCUT2D eigenvalue weighted by Gasteiger charge is 2.43. The fourth-order valence-electron chi connectivity index (χ4n) is 9.33. The highest BCUT2D eigenvalue weighted by molar-refractivity contribution is 5.96. The van der Waals surface area contributed by atoms with Gasteiger partial charge in [0.25, 0.3) is 0 Å². The fourth-order valence-corrected chi connectivity index (χ4v) is 9.33. The fraction of sp³-hybridized carbons (Fsp3) is 0.660. The lowest BCUT2D eigenvalue weighted by Gasteiger charge is -2.40. The van der Waals surface area contributed by atoms with Crippen molar-refractivity contribution in [2.75, 3.05) is 75.0 Å². The number of methoxy groups -OCH3 is 3. The summed E-state index contributed by atoms with van der Waals surface area (Å²) >= 11 is 0. The Morgan fingerprint density at radius 3 is 2.06 bits per heavy atom. The van der Waals surface area contributed by atoms with E-state index < -0.39 is 36.1 Å². The number of amides is 4. The van der Waals surface area contributed by atoms with Crippen LogP contribution in [0.3, 0.4) is 0 Å². The summed E-state index contributed by atoms with van der Waals surface area (Å²) in [6.07, 6.45) is 4.46. The molecule has 1 aliphatic rings. The number of carbonyl (C=O) groups excluding carboxylic acids is 5. The Balaban J connectivity index is 1.76. The molecule has 8 atom stereocenters. The molecule has 1 heterocycles. The molecule has 0 saturated carbocycles. The van der Waals surface area contributed by atoms with Crippen molar-refractivity contribution in [3.8, 4) is 0 Å². The van der Waals surface area contributed by atoms with Crippen LogP contribution in [-0.2, 0) is 51.1 Å². The average Bonchev–Trinajstić information content (AvgIpc) is 3.80. The summed E-state index contributed by atoms with van der Waals surface area (Å²) in [7, 11) is 14.2. The third kappa shape index (κ3) is 17.3. The van der Waals surface area contributed by atoms with Crippen LogP contribution in [0.4, 0.5) is 5.69 Å². The predicted octanol–water partition coefficient (Wildman–Crippen LogP) is 6.69. The number of nitrogens with one attached hydrogen (secondary N) is 2. The average molecular weight is 948 g/mol. The van der Waals surface area contributed by atoms with E-state index in [9.17, 15) is 24.0 Å². The summed E-state index contributed by atoms with van der Waals surface area (Å²) < 4.78 is 17.3. The van der Waals surface area contributed by atoms with E-state index in [0.717, 1.165) is 43.2 Å². The third-order valence-corrected chi connectivity index (χ3v) is 13.4. The van der Waals surface area contributed by atoms with E-state index in [2.05, 4.69) is 24.5 Å². The number of hydrogen-bond donors (Lipinski definition) is 2. The Morgan fingerprint density at radius 1 is 0.824 bits per heavy atom. The van der Waals surface area contributed by atoms with Crippen molar-refractivity contribution in [3.63, 3.8) is 0 Å². The van der Waals surface area contributed by atoms with Crippen LogP contribution in [0.2, 0.25) is 0 Å². The van der Waals surface area contributed by atoms with Gasteiger partial charge in [-0.05, 0) is 67.2 Å². The number of rotatable bonds is 28. The lowest BCUT2D eigenvalue weighted by atomic mass is 9.85. The van der Waals surface area contributed by atoms with E-state index in [1.807, 2.05) is 106 Å². The number of guanidine groups is 1. The number of ether oxygens (including phenoxy) is 3. The second kappa shape index (κ2) is 29.2. The Hall–Kier alpha value is -4.86. The van der Waals surface area contributed by atoms with Gasteiger partial charge in [-0.3, -0.25) is 24.0 Å². The van der Waals surface area contributed by atoms with E-state index in [-0.39, 0.29) is 60.1 Å². The summed E-state index contributed by atoms with van der Waals surface area (Å²) in [5, 5.41) is 6.00. The van der Waals surface area contributed by atoms with Crippen LogP contribution < -0.4 is 10.6 Å². The Kier molecular flexibility index (Phi) is 24.7. The highest BCUT2D eigenvalue weighted by atomic mass is 16.5. The zero-order valence-electron chi connectivity index (χ0n) is 43.6. The van der Waals surface area contributed by atoms with Gasteiger partial charge in [0.2, 0.25) is 23.6 Å². The van der Waals surface area contributed by atoms with E-state index in [0.29, 0.717) is 50.6 Å². The Morgan fingerprint density at radius 2 is 1.49 bits per heavy atom. The van der Waals surface area contributed by atoms with Crippen molar-refractivity contribution in [1.82, 2.24) is 24.9 Å². The van der Waals surface area contributed by atoms with Crippen LogP contribution in [-0.4, -0.2) is 155 Å². The standard InChI is InChI=1S/C53H85N7O8/c1-14-37(4)49(59(10)52(65)48(36(2)3)56-53(57(6)7)58(8)9)45(67-12)34-47(63)60-30-21-24-43(60)50(68-13)38(5)44(61)33-41(32-39-22-17-15-18-23-39)51(64)55-42-28-26-40(27-29-42)35-54-46(62)25-19-16-20-31-66-11/h15,17-18,22-23,26-29,36-38,41,43,45,48-50H,14,16,19-21,24-25,30-35H2,1-13H3,(H,54,62)(H,55,64)/t37-,38-,41+,43-,45+,48-,49-,50+/m0/s1. The summed E-state index contributed by atoms with van der Waals surface area (Å²) in [5.74, 6) is -1.36. The molecule has 3 rings (SSSR count). The quantitative estimate of drug-likeness (QED) is 0.0534. The highest BCUT2D eigenvalue weighted by Crippen LogP contribution is 2.31. The molecule has 0 aliphatic carbocycles. The minimum atomic E-state index is -0.674. The summed E-state index contributed by atoms with van der Waals surface area (Å²) in [6, 6.07) is 15.6. The molecule has 2 aromatic rings. The smallest absolute Gasteiger partial charge is 0.247 e. The van der Waals surface area contributed by atoms with Crippen LogP contribution in [0, 0.1) is 23.7 Å². The minimum Gasteiger partial charge on any atom is -0.385 e. The van der Waals surface area contributed by atoms with Crippen molar-refractivity contribution in [2.24, 2.45) is 28.7 Å². The molecule has 0 spiro atoms. The van der Waals surface area contributed by atoms with Gasteiger partial charge in [0.1, 0.15) is 11.8 Å². The number of aliphatic imine (C=N–C) groups is 1. The SMILES string of the molecule is CC[C@H](C)[C@@H]([C@@H](CC(=O)N1CCC[C@H]1[C@H](OC)[C@@H](C)C(=O)C[C@@H](Cc1ccccc1)C(=O)Nc1ccc(CNC(=O)CCCCCOC)cc1)OC)N(C)C(=O)[C@@H](N=C(N(C)C)N(C)C)C(C)C. The lowest BCUT2D eigenvalue weighted by Crippen LogP contribution is -2.55. The van der Waals surface area contributed by atoms with Gasteiger partial charge in [0.05, 0.1) is 30.7 Å². The molecule has 0 aromatic heterocycles. The molecule has 68 heavy (non-hydrogen) atoms. The molecule has 4 amide bonds. The molecule has 1 saturated heterocycles. The number of hydrogen-bond acceptors (Lipinski definition) is 9. The maximum absolute atomic E-state index is 14.5. The topological polar surface area (TPSA) is 162 Å². The summed E-state index contributed by atoms with van der Waals surface area (Å²) in [4.78, 5) is 81.8. The Labute approximate surface area is 408 Å². The zero-order valence-corrected chi connectivity index (χ0v) is 43.6. The van der Waals surface area contributed by atoms with E-state index in [4.69, 9.17) is 19.2 Å². The molecule has 0 bridgehead atoms. The van der Waals surface area contributed by atoms with Gasteiger partial charge in [-0.1, -0.05) is 89.9 Å².